The average molecular weight is 366 g/mol. The largest absolute Gasteiger partial charge is 0.468 e. The minimum absolute atomic E-state index is 0.0583. The maximum atomic E-state index is 13.0. The van der Waals surface area contributed by atoms with Gasteiger partial charge in [-0.05, 0) is 62.3 Å². The highest BCUT2D eigenvalue weighted by atomic mass is 32.2. The summed E-state index contributed by atoms with van der Waals surface area (Å²) in [5, 5.41) is 0. The number of likely N-dealkylation sites (tertiary alicyclic amines) is 1. The van der Waals surface area contributed by atoms with Crippen LogP contribution in [0.3, 0.4) is 0 Å². The highest BCUT2D eigenvalue weighted by Gasteiger charge is 2.26. The Morgan fingerprint density at radius 1 is 1.08 bits per heavy atom. The van der Waals surface area contributed by atoms with Crippen molar-refractivity contribution in [2.24, 2.45) is 0 Å². The van der Waals surface area contributed by atoms with Gasteiger partial charge >= 0.3 is 0 Å². The minimum atomic E-state index is -3.70. The van der Waals surface area contributed by atoms with Gasteiger partial charge in [0.15, 0.2) is 0 Å². The molecule has 1 aromatic heterocycles. The van der Waals surface area contributed by atoms with E-state index < -0.39 is 15.8 Å². The van der Waals surface area contributed by atoms with Gasteiger partial charge in [0.05, 0.1) is 17.2 Å². The quantitative estimate of drug-likeness (QED) is 0.852. The second-order valence-corrected chi connectivity index (χ2v) is 8.05. The zero-order valence-corrected chi connectivity index (χ0v) is 14.8. The number of hydrogen-bond donors (Lipinski definition) is 1. The van der Waals surface area contributed by atoms with Crippen molar-refractivity contribution in [3.05, 3.63) is 54.2 Å². The SMILES string of the molecule is O=S(=O)(NCC(c1ccco1)N1CCCCCC1)c1ccc(F)cc1. The van der Waals surface area contributed by atoms with E-state index in [1.807, 2.05) is 12.1 Å². The van der Waals surface area contributed by atoms with Crippen LogP contribution in [0.15, 0.2) is 52.0 Å². The topological polar surface area (TPSA) is 62.6 Å². The van der Waals surface area contributed by atoms with Gasteiger partial charge in [-0.2, -0.15) is 0 Å². The summed E-state index contributed by atoms with van der Waals surface area (Å²) in [5.41, 5.74) is 0. The molecule has 25 heavy (non-hydrogen) atoms. The lowest BCUT2D eigenvalue weighted by Crippen LogP contribution is -2.38. The minimum Gasteiger partial charge on any atom is -0.468 e. The molecule has 0 amide bonds. The van der Waals surface area contributed by atoms with Gasteiger partial charge in [0.25, 0.3) is 0 Å². The molecule has 1 N–H and O–H groups in total. The smallest absolute Gasteiger partial charge is 0.240 e. The zero-order chi connectivity index (χ0) is 17.7. The highest BCUT2D eigenvalue weighted by Crippen LogP contribution is 2.24. The fraction of sp³-hybridized carbons (Fsp3) is 0.444. The number of halogens is 1. The van der Waals surface area contributed by atoms with Gasteiger partial charge in [0.2, 0.25) is 10.0 Å². The Hall–Kier alpha value is -1.70. The number of benzene rings is 1. The molecule has 1 aromatic carbocycles. The monoisotopic (exact) mass is 366 g/mol. The number of nitrogens with zero attached hydrogens (tertiary/aromatic N) is 1. The van der Waals surface area contributed by atoms with Crippen molar-refractivity contribution in [1.82, 2.24) is 9.62 Å². The fourth-order valence-corrected chi connectivity index (χ4v) is 4.22. The number of rotatable bonds is 6. The van der Waals surface area contributed by atoms with E-state index in [1.165, 1.54) is 25.0 Å². The summed E-state index contributed by atoms with van der Waals surface area (Å²) in [5.74, 6) is 0.292. The van der Waals surface area contributed by atoms with Crippen molar-refractivity contribution in [3.8, 4) is 0 Å². The Bertz CT molecular complexity index is 752. The van der Waals surface area contributed by atoms with E-state index in [0.29, 0.717) is 0 Å². The lowest BCUT2D eigenvalue weighted by Gasteiger charge is -2.29. The van der Waals surface area contributed by atoms with Crippen molar-refractivity contribution in [3.63, 3.8) is 0 Å². The van der Waals surface area contributed by atoms with Gasteiger partial charge < -0.3 is 4.42 Å². The highest BCUT2D eigenvalue weighted by molar-refractivity contribution is 7.89. The average Bonchev–Trinajstić information content (AvgIpc) is 2.98. The summed E-state index contributed by atoms with van der Waals surface area (Å²) in [6.07, 6.45) is 6.20. The van der Waals surface area contributed by atoms with Crippen LogP contribution >= 0.6 is 0 Å². The molecule has 0 bridgehead atoms. The molecule has 3 rings (SSSR count). The third kappa shape index (κ3) is 4.68. The van der Waals surface area contributed by atoms with Crippen LogP contribution in [0, 0.1) is 5.82 Å². The molecule has 1 aliphatic rings. The molecule has 0 radical (unpaired) electrons. The molecule has 136 valence electrons. The molecule has 1 aliphatic heterocycles. The summed E-state index contributed by atoms with van der Waals surface area (Å²) >= 11 is 0. The molecule has 0 spiro atoms. The van der Waals surface area contributed by atoms with Gasteiger partial charge in [-0.25, -0.2) is 17.5 Å². The van der Waals surface area contributed by atoms with Crippen LogP contribution in [-0.4, -0.2) is 33.0 Å². The second-order valence-electron chi connectivity index (χ2n) is 6.29. The predicted molar refractivity (Wildman–Crippen MR) is 93.1 cm³/mol. The van der Waals surface area contributed by atoms with Crippen molar-refractivity contribution in [2.75, 3.05) is 19.6 Å². The van der Waals surface area contributed by atoms with Crippen molar-refractivity contribution >= 4 is 10.0 Å². The van der Waals surface area contributed by atoms with Crippen LogP contribution in [0.4, 0.5) is 4.39 Å². The Balaban J connectivity index is 1.75. The van der Waals surface area contributed by atoms with Gasteiger partial charge in [0.1, 0.15) is 11.6 Å². The molecule has 0 aliphatic carbocycles. The first-order chi connectivity index (χ1) is 12.1. The lowest BCUT2D eigenvalue weighted by molar-refractivity contribution is 0.182. The third-order valence-electron chi connectivity index (χ3n) is 4.54. The Morgan fingerprint density at radius 3 is 2.36 bits per heavy atom. The summed E-state index contributed by atoms with van der Waals surface area (Å²) in [6, 6.07) is 8.37. The summed E-state index contributed by atoms with van der Waals surface area (Å²) in [7, 11) is -3.70. The van der Waals surface area contributed by atoms with Gasteiger partial charge in [0, 0.05) is 6.54 Å². The number of hydrogen-bond acceptors (Lipinski definition) is 4. The first kappa shape index (κ1) is 18.1. The lowest BCUT2D eigenvalue weighted by atomic mass is 10.2. The molecule has 7 heteroatoms. The van der Waals surface area contributed by atoms with E-state index in [2.05, 4.69) is 9.62 Å². The summed E-state index contributed by atoms with van der Waals surface area (Å²) in [4.78, 5) is 2.34. The van der Waals surface area contributed by atoms with Crippen LogP contribution in [0.25, 0.3) is 0 Å². The van der Waals surface area contributed by atoms with Gasteiger partial charge in [-0.1, -0.05) is 12.8 Å². The van der Waals surface area contributed by atoms with Crippen molar-refractivity contribution in [1.29, 1.82) is 0 Å². The van der Waals surface area contributed by atoms with Gasteiger partial charge in [-0.3, -0.25) is 4.90 Å². The van der Waals surface area contributed by atoms with Gasteiger partial charge in [-0.15, -0.1) is 0 Å². The molecule has 1 unspecified atom stereocenters. The molecule has 0 saturated carbocycles. The van der Waals surface area contributed by atoms with Crippen LogP contribution < -0.4 is 4.72 Å². The normalized spacial score (nSPS) is 18.0. The predicted octanol–water partition coefficient (Wildman–Crippen LogP) is 3.31. The Morgan fingerprint density at radius 2 is 1.76 bits per heavy atom. The standard InChI is InChI=1S/C18H23FN2O3S/c19-15-7-9-16(10-8-15)25(22,23)20-14-17(18-6-5-13-24-18)21-11-3-1-2-4-12-21/h5-10,13,17,20H,1-4,11-12,14H2. The molecule has 5 nitrogen and oxygen atoms in total. The van der Waals surface area contributed by atoms with Crippen LogP contribution in [-0.2, 0) is 10.0 Å². The summed E-state index contributed by atoms with van der Waals surface area (Å²) in [6.45, 7) is 2.06. The molecular weight excluding hydrogens is 343 g/mol. The van der Waals surface area contributed by atoms with E-state index in [0.717, 1.165) is 43.8 Å². The van der Waals surface area contributed by atoms with E-state index >= 15 is 0 Å². The van der Waals surface area contributed by atoms with Crippen LogP contribution in [0.1, 0.15) is 37.5 Å². The molecule has 1 atom stereocenters. The van der Waals surface area contributed by atoms with E-state index in [4.69, 9.17) is 4.42 Å². The molecule has 1 fully saturated rings. The van der Waals surface area contributed by atoms with Crippen LogP contribution in [0.5, 0.6) is 0 Å². The molecule has 2 aromatic rings. The van der Waals surface area contributed by atoms with E-state index in [1.54, 1.807) is 6.26 Å². The summed E-state index contributed by atoms with van der Waals surface area (Å²) < 4.78 is 46.2. The third-order valence-corrected chi connectivity index (χ3v) is 5.98. The fourth-order valence-electron chi connectivity index (χ4n) is 3.18. The zero-order valence-electron chi connectivity index (χ0n) is 14.0. The number of nitrogens with one attached hydrogen (secondary N) is 1. The first-order valence-corrected chi connectivity index (χ1v) is 10.1. The second kappa shape index (κ2) is 8.12. The molecule has 2 heterocycles. The maximum absolute atomic E-state index is 13.0. The molecular formula is C18H23FN2O3S. The van der Waals surface area contributed by atoms with Crippen molar-refractivity contribution in [2.45, 2.75) is 36.6 Å². The Kier molecular flexibility index (Phi) is 5.88. The van der Waals surface area contributed by atoms with Crippen molar-refractivity contribution < 1.29 is 17.2 Å². The van der Waals surface area contributed by atoms with Crippen LogP contribution in [0.2, 0.25) is 0 Å². The Labute approximate surface area is 147 Å². The first-order valence-electron chi connectivity index (χ1n) is 8.59. The maximum Gasteiger partial charge on any atom is 0.240 e. The van der Waals surface area contributed by atoms with E-state index in [9.17, 15) is 12.8 Å². The van der Waals surface area contributed by atoms with E-state index in [-0.39, 0.29) is 17.5 Å². The number of sulfonamides is 1. The molecule has 1 saturated heterocycles. The number of furan rings is 1.